The van der Waals surface area contributed by atoms with E-state index < -0.39 is 10.0 Å². The highest BCUT2D eigenvalue weighted by atomic mass is 32.2. The van der Waals surface area contributed by atoms with Crippen molar-refractivity contribution in [3.63, 3.8) is 0 Å². The average Bonchev–Trinajstić information content (AvgIpc) is 2.78. The Morgan fingerprint density at radius 1 is 1.37 bits per heavy atom. The summed E-state index contributed by atoms with van der Waals surface area (Å²) in [5, 5.41) is 9.76. The molecule has 1 heterocycles. The van der Waals surface area contributed by atoms with Gasteiger partial charge in [0.15, 0.2) is 5.03 Å². The summed E-state index contributed by atoms with van der Waals surface area (Å²) in [4.78, 5) is 0. The highest BCUT2D eigenvalue weighted by Gasteiger charge is 2.22. The molecule has 0 aromatic carbocycles. The van der Waals surface area contributed by atoms with Gasteiger partial charge in [0.1, 0.15) is 0 Å². The molecule has 0 aliphatic carbocycles. The number of aromatic nitrogens is 2. The number of nitrogens with zero attached hydrogens (tertiary/aromatic N) is 1. The van der Waals surface area contributed by atoms with Crippen molar-refractivity contribution in [3.8, 4) is 0 Å². The van der Waals surface area contributed by atoms with Crippen molar-refractivity contribution in [3.05, 3.63) is 11.8 Å². The van der Waals surface area contributed by atoms with Gasteiger partial charge in [0.2, 0.25) is 0 Å². The first-order valence-electron chi connectivity index (χ1n) is 6.76. The van der Waals surface area contributed by atoms with Gasteiger partial charge in [-0.3, -0.25) is 5.10 Å². The maximum atomic E-state index is 12.2. The second-order valence-corrected chi connectivity index (χ2v) is 6.36. The SMILES string of the molecule is CCCNCc1cn[nH]c1S(=O)(=O)NC(C)CCC. The molecule has 0 spiro atoms. The monoisotopic (exact) mass is 288 g/mol. The third-order valence-electron chi connectivity index (χ3n) is 2.77. The van der Waals surface area contributed by atoms with Gasteiger partial charge in [-0.05, 0) is 26.3 Å². The predicted octanol–water partition coefficient (Wildman–Crippen LogP) is 1.38. The number of H-pyrrole nitrogens is 1. The van der Waals surface area contributed by atoms with Crippen LogP contribution in [-0.2, 0) is 16.6 Å². The Morgan fingerprint density at radius 2 is 2.11 bits per heavy atom. The smallest absolute Gasteiger partial charge is 0.258 e. The van der Waals surface area contributed by atoms with Crippen LogP contribution in [-0.4, -0.2) is 31.2 Å². The molecule has 0 aliphatic heterocycles. The number of sulfonamides is 1. The van der Waals surface area contributed by atoms with E-state index in [0.29, 0.717) is 12.1 Å². The van der Waals surface area contributed by atoms with Gasteiger partial charge in [0.25, 0.3) is 10.0 Å². The quantitative estimate of drug-likeness (QED) is 0.599. The van der Waals surface area contributed by atoms with Crippen molar-refractivity contribution in [2.75, 3.05) is 6.54 Å². The normalized spacial score (nSPS) is 13.6. The topological polar surface area (TPSA) is 86.9 Å². The number of hydrogen-bond donors (Lipinski definition) is 3. The highest BCUT2D eigenvalue weighted by molar-refractivity contribution is 7.89. The van der Waals surface area contributed by atoms with Crippen molar-refractivity contribution >= 4 is 10.0 Å². The first-order valence-corrected chi connectivity index (χ1v) is 8.24. The molecule has 1 unspecified atom stereocenters. The molecular formula is C12H24N4O2S. The maximum Gasteiger partial charge on any atom is 0.258 e. The standard InChI is InChI=1S/C12H24N4O2S/c1-4-6-10(3)16-19(17,18)12-11(9-14-15-12)8-13-7-5-2/h9-10,13,16H,4-8H2,1-3H3,(H,14,15). The van der Waals surface area contributed by atoms with Gasteiger partial charge in [-0.2, -0.15) is 5.10 Å². The van der Waals surface area contributed by atoms with Crippen molar-refractivity contribution in [2.24, 2.45) is 0 Å². The number of nitrogens with one attached hydrogen (secondary N) is 3. The predicted molar refractivity (Wildman–Crippen MR) is 75.3 cm³/mol. The molecule has 0 saturated heterocycles. The van der Waals surface area contributed by atoms with E-state index in [1.54, 1.807) is 6.20 Å². The molecule has 0 radical (unpaired) electrons. The zero-order chi connectivity index (χ0) is 14.3. The molecule has 1 rings (SSSR count). The Hall–Kier alpha value is -0.920. The summed E-state index contributed by atoms with van der Waals surface area (Å²) in [5.41, 5.74) is 0.671. The van der Waals surface area contributed by atoms with Crippen LogP contribution in [0.25, 0.3) is 0 Å². The zero-order valence-corrected chi connectivity index (χ0v) is 12.7. The molecule has 1 aromatic rings. The Balaban J connectivity index is 2.75. The van der Waals surface area contributed by atoms with Gasteiger partial charge < -0.3 is 5.32 Å². The summed E-state index contributed by atoms with van der Waals surface area (Å²) in [5.74, 6) is 0. The molecule has 0 amide bonds. The zero-order valence-electron chi connectivity index (χ0n) is 11.9. The fourth-order valence-electron chi connectivity index (χ4n) is 1.87. The molecule has 110 valence electrons. The summed E-state index contributed by atoms with van der Waals surface area (Å²) in [6, 6.07) is -0.0743. The lowest BCUT2D eigenvalue weighted by atomic mass is 10.2. The van der Waals surface area contributed by atoms with Crippen LogP contribution in [0.15, 0.2) is 11.2 Å². The van der Waals surface area contributed by atoms with Crippen molar-refractivity contribution in [1.29, 1.82) is 0 Å². The van der Waals surface area contributed by atoms with Crippen molar-refractivity contribution in [1.82, 2.24) is 20.2 Å². The summed E-state index contributed by atoms with van der Waals surface area (Å²) in [7, 11) is -3.51. The van der Waals surface area contributed by atoms with E-state index in [-0.39, 0.29) is 11.1 Å². The van der Waals surface area contributed by atoms with Crippen LogP contribution in [0.4, 0.5) is 0 Å². The molecule has 0 fully saturated rings. The van der Waals surface area contributed by atoms with E-state index in [4.69, 9.17) is 0 Å². The van der Waals surface area contributed by atoms with Crippen LogP contribution in [0.2, 0.25) is 0 Å². The molecule has 19 heavy (non-hydrogen) atoms. The second-order valence-electron chi connectivity index (χ2n) is 4.71. The van der Waals surface area contributed by atoms with Gasteiger partial charge in [0.05, 0.1) is 6.20 Å². The maximum absolute atomic E-state index is 12.2. The van der Waals surface area contributed by atoms with Gasteiger partial charge in [-0.15, -0.1) is 0 Å². The Morgan fingerprint density at radius 3 is 2.74 bits per heavy atom. The van der Waals surface area contributed by atoms with E-state index in [0.717, 1.165) is 25.8 Å². The second kappa shape index (κ2) is 7.62. The first kappa shape index (κ1) is 16.1. The third kappa shape index (κ3) is 4.93. The molecule has 0 bridgehead atoms. The average molecular weight is 288 g/mol. The molecule has 1 aromatic heterocycles. The van der Waals surface area contributed by atoms with E-state index in [1.165, 1.54) is 0 Å². The number of hydrogen-bond acceptors (Lipinski definition) is 4. The molecule has 0 aliphatic rings. The van der Waals surface area contributed by atoms with Gasteiger partial charge in [-0.1, -0.05) is 20.3 Å². The Labute approximate surface area is 115 Å². The van der Waals surface area contributed by atoms with Crippen molar-refractivity contribution < 1.29 is 8.42 Å². The first-order chi connectivity index (χ1) is 9.01. The van der Waals surface area contributed by atoms with E-state index in [9.17, 15) is 8.42 Å². The molecule has 1 atom stereocenters. The van der Waals surface area contributed by atoms with Crippen LogP contribution < -0.4 is 10.0 Å². The minimum Gasteiger partial charge on any atom is -0.313 e. The van der Waals surface area contributed by atoms with Gasteiger partial charge in [0, 0.05) is 18.2 Å². The van der Waals surface area contributed by atoms with Crippen LogP contribution in [0, 0.1) is 0 Å². The fraction of sp³-hybridized carbons (Fsp3) is 0.750. The van der Waals surface area contributed by atoms with E-state index >= 15 is 0 Å². The van der Waals surface area contributed by atoms with Crippen LogP contribution in [0.1, 0.15) is 45.6 Å². The van der Waals surface area contributed by atoms with E-state index in [2.05, 4.69) is 27.2 Å². The molecule has 3 N–H and O–H groups in total. The fourth-order valence-corrected chi connectivity index (χ4v) is 3.28. The van der Waals surface area contributed by atoms with Crippen LogP contribution in [0.5, 0.6) is 0 Å². The lowest BCUT2D eigenvalue weighted by molar-refractivity contribution is 0.538. The highest BCUT2D eigenvalue weighted by Crippen LogP contribution is 2.13. The van der Waals surface area contributed by atoms with Gasteiger partial charge >= 0.3 is 0 Å². The van der Waals surface area contributed by atoms with Crippen LogP contribution in [0.3, 0.4) is 0 Å². The summed E-state index contributed by atoms with van der Waals surface area (Å²) >= 11 is 0. The Bertz CT molecular complexity index is 470. The third-order valence-corrected chi connectivity index (χ3v) is 4.37. The lowest BCUT2D eigenvalue weighted by Gasteiger charge is -2.13. The molecular weight excluding hydrogens is 264 g/mol. The van der Waals surface area contributed by atoms with Crippen LogP contribution >= 0.6 is 0 Å². The Kier molecular flexibility index (Phi) is 6.47. The summed E-state index contributed by atoms with van der Waals surface area (Å²) in [6.45, 7) is 7.31. The molecule has 7 heteroatoms. The molecule has 0 saturated carbocycles. The van der Waals surface area contributed by atoms with E-state index in [1.807, 2.05) is 13.8 Å². The number of rotatable bonds is 9. The lowest BCUT2D eigenvalue weighted by Crippen LogP contribution is -2.33. The summed E-state index contributed by atoms with van der Waals surface area (Å²) < 4.78 is 27.1. The summed E-state index contributed by atoms with van der Waals surface area (Å²) in [6.07, 6.45) is 4.32. The largest absolute Gasteiger partial charge is 0.313 e. The minimum atomic E-state index is -3.51. The molecule has 6 nitrogen and oxygen atoms in total. The number of aromatic amines is 1. The van der Waals surface area contributed by atoms with Gasteiger partial charge in [-0.25, -0.2) is 13.1 Å². The van der Waals surface area contributed by atoms with Crippen molar-refractivity contribution in [2.45, 2.75) is 57.6 Å². The minimum absolute atomic E-state index is 0.0743.